The lowest BCUT2D eigenvalue weighted by Crippen LogP contribution is -2.35. The molecule has 2 aliphatic heterocycles. The molecule has 0 bridgehead atoms. The first kappa shape index (κ1) is 16.7. The van der Waals surface area contributed by atoms with Crippen molar-refractivity contribution in [1.29, 1.82) is 0 Å². The second kappa shape index (κ2) is 8.05. The number of rotatable bonds is 5. The first-order valence-corrected chi connectivity index (χ1v) is 9.86. The molecule has 0 radical (unpaired) electrons. The van der Waals surface area contributed by atoms with Crippen LogP contribution in [0.5, 0.6) is 5.75 Å². The molecule has 4 rings (SSSR count). The molecular weight excluding hydrogens is 306 g/mol. The van der Waals surface area contributed by atoms with E-state index in [2.05, 4.69) is 59.5 Å². The van der Waals surface area contributed by atoms with Crippen LogP contribution in [0.3, 0.4) is 0 Å². The number of fused-ring (bicyclic) bond motifs is 1. The Kier molecular flexibility index (Phi) is 5.37. The van der Waals surface area contributed by atoms with Gasteiger partial charge in [0.1, 0.15) is 5.75 Å². The molecule has 132 valence electrons. The SMILES string of the molecule is c1ccc(CC2CCN(CCC3CCOc4ccccc43)CC2)cc1. The Bertz CT molecular complexity index is 661. The lowest BCUT2D eigenvalue weighted by molar-refractivity contribution is 0.172. The first-order chi connectivity index (χ1) is 12.4. The van der Waals surface area contributed by atoms with Crippen molar-refractivity contribution < 1.29 is 4.74 Å². The summed E-state index contributed by atoms with van der Waals surface area (Å²) >= 11 is 0. The van der Waals surface area contributed by atoms with Gasteiger partial charge in [-0.15, -0.1) is 0 Å². The molecule has 2 aromatic carbocycles. The number of para-hydroxylation sites is 1. The Balaban J connectivity index is 1.24. The quantitative estimate of drug-likeness (QED) is 0.771. The van der Waals surface area contributed by atoms with Gasteiger partial charge in [-0.05, 0) is 80.8 Å². The van der Waals surface area contributed by atoms with E-state index >= 15 is 0 Å². The van der Waals surface area contributed by atoms with Crippen LogP contribution in [0.4, 0.5) is 0 Å². The number of piperidine rings is 1. The number of hydrogen-bond donors (Lipinski definition) is 0. The lowest BCUT2D eigenvalue weighted by atomic mass is 9.88. The van der Waals surface area contributed by atoms with E-state index in [-0.39, 0.29) is 0 Å². The third kappa shape index (κ3) is 4.24. The average Bonchev–Trinajstić information content (AvgIpc) is 2.68. The monoisotopic (exact) mass is 335 g/mol. The van der Waals surface area contributed by atoms with E-state index < -0.39 is 0 Å². The van der Waals surface area contributed by atoms with Gasteiger partial charge in [-0.25, -0.2) is 0 Å². The van der Waals surface area contributed by atoms with Crippen LogP contribution >= 0.6 is 0 Å². The largest absolute Gasteiger partial charge is 0.493 e. The van der Waals surface area contributed by atoms with E-state index in [4.69, 9.17) is 4.74 Å². The minimum Gasteiger partial charge on any atom is -0.493 e. The van der Waals surface area contributed by atoms with E-state index in [9.17, 15) is 0 Å². The predicted octanol–water partition coefficient (Wildman–Crippen LogP) is 4.90. The van der Waals surface area contributed by atoms with Crippen LogP contribution in [0.25, 0.3) is 0 Å². The Morgan fingerprint density at radius 1 is 0.880 bits per heavy atom. The molecule has 0 amide bonds. The third-order valence-corrected chi connectivity index (χ3v) is 5.95. The molecule has 2 heterocycles. The molecule has 25 heavy (non-hydrogen) atoms. The van der Waals surface area contributed by atoms with E-state index in [1.165, 1.54) is 62.9 Å². The molecule has 0 saturated carbocycles. The zero-order valence-electron chi connectivity index (χ0n) is 15.1. The van der Waals surface area contributed by atoms with Gasteiger partial charge in [-0.3, -0.25) is 0 Å². The summed E-state index contributed by atoms with van der Waals surface area (Å²) in [6.45, 7) is 4.64. The second-order valence-electron chi connectivity index (χ2n) is 7.64. The van der Waals surface area contributed by atoms with Crippen molar-refractivity contribution >= 4 is 0 Å². The summed E-state index contributed by atoms with van der Waals surface area (Å²) in [7, 11) is 0. The van der Waals surface area contributed by atoms with Crippen LogP contribution in [0.1, 0.15) is 42.7 Å². The number of benzene rings is 2. The van der Waals surface area contributed by atoms with Crippen LogP contribution < -0.4 is 4.74 Å². The van der Waals surface area contributed by atoms with Gasteiger partial charge in [-0.1, -0.05) is 48.5 Å². The summed E-state index contributed by atoms with van der Waals surface area (Å²) < 4.78 is 5.80. The minimum atomic E-state index is 0.673. The van der Waals surface area contributed by atoms with Crippen molar-refractivity contribution in [3.8, 4) is 5.75 Å². The zero-order valence-corrected chi connectivity index (χ0v) is 15.1. The van der Waals surface area contributed by atoms with Crippen molar-refractivity contribution in [2.45, 2.75) is 38.0 Å². The average molecular weight is 335 g/mol. The maximum atomic E-state index is 5.80. The summed E-state index contributed by atoms with van der Waals surface area (Å²) in [5, 5.41) is 0. The van der Waals surface area contributed by atoms with E-state index in [0.29, 0.717) is 5.92 Å². The number of nitrogens with zero attached hydrogens (tertiary/aromatic N) is 1. The van der Waals surface area contributed by atoms with Gasteiger partial charge in [0.15, 0.2) is 0 Å². The normalized spacial score (nSPS) is 21.5. The molecule has 1 saturated heterocycles. The van der Waals surface area contributed by atoms with Crippen LogP contribution in [0.15, 0.2) is 54.6 Å². The van der Waals surface area contributed by atoms with Crippen molar-refractivity contribution in [3.63, 3.8) is 0 Å². The fourth-order valence-electron chi connectivity index (χ4n) is 4.42. The Morgan fingerprint density at radius 2 is 1.64 bits per heavy atom. The summed E-state index contributed by atoms with van der Waals surface area (Å²) in [6, 6.07) is 19.6. The van der Waals surface area contributed by atoms with Crippen molar-refractivity contribution in [2.75, 3.05) is 26.2 Å². The maximum Gasteiger partial charge on any atom is 0.122 e. The van der Waals surface area contributed by atoms with Crippen molar-refractivity contribution in [1.82, 2.24) is 4.90 Å². The number of ether oxygens (including phenoxy) is 1. The van der Waals surface area contributed by atoms with Crippen molar-refractivity contribution in [3.05, 3.63) is 65.7 Å². The molecule has 0 spiro atoms. The standard InChI is InChI=1S/C23H29NO/c1-2-6-19(7-3-1)18-20-10-14-24(15-11-20)16-12-21-13-17-25-23-9-5-4-8-22(21)23/h1-9,20-21H,10-18H2. The van der Waals surface area contributed by atoms with Gasteiger partial charge in [-0.2, -0.15) is 0 Å². The molecule has 1 atom stereocenters. The summed E-state index contributed by atoms with van der Waals surface area (Å²) in [5.41, 5.74) is 2.92. The topological polar surface area (TPSA) is 12.5 Å². The first-order valence-electron chi connectivity index (χ1n) is 9.86. The molecule has 1 fully saturated rings. The minimum absolute atomic E-state index is 0.673. The van der Waals surface area contributed by atoms with Crippen LogP contribution in [0, 0.1) is 5.92 Å². The van der Waals surface area contributed by atoms with Gasteiger partial charge >= 0.3 is 0 Å². The third-order valence-electron chi connectivity index (χ3n) is 5.95. The zero-order chi connectivity index (χ0) is 16.9. The van der Waals surface area contributed by atoms with Gasteiger partial charge in [0.2, 0.25) is 0 Å². The fourth-order valence-corrected chi connectivity index (χ4v) is 4.42. The second-order valence-corrected chi connectivity index (χ2v) is 7.64. The molecule has 1 unspecified atom stereocenters. The van der Waals surface area contributed by atoms with Gasteiger partial charge < -0.3 is 9.64 Å². The van der Waals surface area contributed by atoms with E-state index in [1.807, 2.05) is 0 Å². The molecular formula is C23H29NO. The molecule has 2 heteroatoms. The van der Waals surface area contributed by atoms with Crippen LogP contribution in [0.2, 0.25) is 0 Å². The molecule has 0 aromatic heterocycles. The van der Waals surface area contributed by atoms with Crippen molar-refractivity contribution in [2.24, 2.45) is 5.92 Å². The molecule has 2 nitrogen and oxygen atoms in total. The van der Waals surface area contributed by atoms with Gasteiger partial charge in [0.25, 0.3) is 0 Å². The Morgan fingerprint density at radius 3 is 2.48 bits per heavy atom. The maximum absolute atomic E-state index is 5.80. The highest BCUT2D eigenvalue weighted by molar-refractivity contribution is 5.37. The van der Waals surface area contributed by atoms with E-state index in [1.54, 1.807) is 0 Å². The highest BCUT2D eigenvalue weighted by Crippen LogP contribution is 2.35. The summed E-state index contributed by atoms with van der Waals surface area (Å²) in [5.74, 6) is 2.65. The Hall–Kier alpha value is -1.80. The summed E-state index contributed by atoms with van der Waals surface area (Å²) in [6.07, 6.45) is 6.38. The lowest BCUT2D eigenvalue weighted by Gasteiger charge is -2.34. The highest BCUT2D eigenvalue weighted by atomic mass is 16.5. The van der Waals surface area contributed by atoms with Gasteiger partial charge in [0, 0.05) is 0 Å². The fraction of sp³-hybridized carbons (Fsp3) is 0.478. The molecule has 2 aromatic rings. The van der Waals surface area contributed by atoms with E-state index in [0.717, 1.165) is 18.3 Å². The van der Waals surface area contributed by atoms with Crippen LogP contribution in [-0.4, -0.2) is 31.1 Å². The highest BCUT2D eigenvalue weighted by Gasteiger charge is 2.23. The number of hydrogen-bond acceptors (Lipinski definition) is 2. The Labute approximate surface area is 151 Å². The van der Waals surface area contributed by atoms with Crippen LogP contribution in [-0.2, 0) is 6.42 Å². The van der Waals surface area contributed by atoms with Gasteiger partial charge in [0.05, 0.1) is 6.61 Å². The molecule has 0 aliphatic carbocycles. The molecule has 2 aliphatic rings. The molecule has 0 N–H and O–H groups in total. The smallest absolute Gasteiger partial charge is 0.122 e. The summed E-state index contributed by atoms with van der Waals surface area (Å²) in [4.78, 5) is 2.68. The predicted molar refractivity (Wildman–Crippen MR) is 103 cm³/mol. The number of likely N-dealkylation sites (tertiary alicyclic amines) is 1.